The van der Waals surface area contributed by atoms with Gasteiger partial charge in [0.15, 0.2) is 5.69 Å². The Morgan fingerprint density at radius 2 is 2.32 bits per heavy atom. The van der Waals surface area contributed by atoms with Gasteiger partial charge >= 0.3 is 0 Å². The van der Waals surface area contributed by atoms with Gasteiger partial charge in [0.05, 0.1) is 23.4 Å². The van der Waals surface area contributed by atoms with Crippen LogP contribution in [0.25, 0.3) is 0 Å². The molecule has 0 fully saturated rings. The summed E-state index contributed by atoms with van der Waals surface area (Å²) in [5, 5.41) is 20.3. The summed E-state index contributed by atoms with van der Waals surface area (Å²) >= 11 is 1.68. The van der Waals surface area contributed by atoms with E-state index in [1.165, 1.54) is 15.6 Å². The largest absolute Gasteiger partial charge is 0.389 e. The van der Waals surface area contributed by atoms with Crippen LogP contribution < -0.4 is 10.6 Å². The van der Waals surface area contributed by atoms with Crippen molar-refractivity contribution in [2.24, 2.45) is 0 Å². The predicted molar refractivity (Wildman–Crippen MR) is 92.8 cm³/mol. The molecule has 8 nitrogen and oxygen atoms in total. The Kier molecular flexibility index (Phi) is 5.14. The van der Waals surface area contributed by atoms with E-state index >= 15 is 0 Å². The summed E-state index contributed by atoms with van der Waals surface area (Å²) < 4.78 is 1.38. The summed E-state index contributed by atoms with van der Waals surface area (Å²) in [6, 6.07) is 1.45. The van der Waals surface area contributed by atoms with Crippen molar-refractivity contribution in [1.82, 2.24) is 25.4 Å². The molecule has 0 bridgehead atoms. The van der Waals surface area contributed by atoms with Crippen LogP contribution >= 0.6 is 11.3 Å². The number of β-amino-alcohol motifs (C(OH)–C–C–N with tert-alkyl or cyclic N) is 1. The fourth-order valence-electron chi connectivity index (χ4n) is 2.59. The Balaban J connectivity index is 1.54. The van der Waals surface area contributed by atoms with Crippen molar-refractivity contribution in [1.29, 1.82) is 0 Å². The minimum atomic E-state index is -0.716. The van der Waals surface area contributed by atoms with Crippen molar-refractivity contribution >= 4 is 23.2 Å². The standard InChI is InChI=1S/C16H21N5O3S/c1-9-10(2)25-14(19-9)4-3-5-17-15(23)12-6-13-16(24)18-7-11(22)8-21(13)20-12/h6,11,22H,3-5,7-8H2,1-2H3,(H,17,23)(H,18,24). The summed E-state index contributed by atoms with van der Waals surface area (Å²) in [5.74, 6) is -0.660. The molecule has 2 amide bonds. The molecule has 0 saturated carbocycles. The van der Waals surface area contributed by atoms with Gasteiger partial charge in [-0.3, -0.25) is 14.3 Å². The Bertz CT molecular complexity index is 778. The van der Waals surface area contributed by atoms with Gasteiger partial charge in [-0.2, -0.15) is 5.10 Å². The molecule has 1 aliphatic rings. The molecule has 1 unspecified atom stereocenters. The number of carbonyl (C=O) groups excluding carboxylic acids is 2. The SMILES string of the molecule is Cc1nc(CCCNC(=O)c2cc3n(n2)CC(O)CNC3=O)sc1C. The number of aliphatic hydroxyl groups excluding tert-OH is 1. The van der Waals surface area contributed by atoms with Crippen LogP contribution in [0.1, 0.15) is 43.0 Å². The van der Waals surface area contributed by atoms with Crippen LogP contribution in [-0.4, -0.2) is 50.9 Å². The lowest BCUT2D eigenvalue weighted by molar-refractivity contribution is 0.0931. The van der Waals surface area contributed by atoms with E-state index in [1.54, 1.807) is 11.3 Å². The van der Waals surface area contributed by atoms with Gasteiger partial charge in [-0.25, -0.2) is 4.98 Å². The smallest absolute Gasteiger partial charge is 0.271 e. The number of nitrogens with zero attached hydrogens (tertiary/aromatic N) is 3. The number of fused-ring (bicyclic) bond motifs is 1. The second kappa shape index (κ2) is 7.32. The third-order valence-corrected chi connectivity index (χ3v) is 5.19. The highest BCUT2D eigenvalue weighted by atomic mass is 32.1. The second-order valence-corrected chi connectivity index (χ2v) is 7.36. The number of thiazole rings is 1. The molecule has 0 radical (unpaired) electrons. The molecule has 134 valence electrons. The number of amides is 2. The third kappa shape index (κ3) is 4.05. The quantitative estimate of drug-likeness (QED) is 0.667. The van der Waals surface area contributed by atoms with Crippen molar-refractivity contribution in [3.63, 3.8) is 0 Å². The van der Waals surface area contributed by atoms with Crippen LogP contribution in [-0.2, 0) is 13.0 Å². The van der Waals surface area contributed by atoms with E-state index in [0.717, 1.165) is 23.5 Å². The van der Waals surface area contributed by atoms with Crippen LogP contribution in [0, 0.1) is 13.8 Å². The van der Waals surface area contributed by atoms with Crippen LogP contribution in [0.5, 0.6) is 0 Å². The van der Waals surface area contributed by atoms with E-state index in [-0.39, 0.29) is 36.3 Å². The zero-order chi connectivity index (χ0) is 18.0. The minimum absolute atomic E-state index is 0.180. The Labute approximate surface area is 149 Å². The van der Waals surface area contributed by atoms with Gasteiger partial charge in [0.1, 0.15) is 5.69 Å². The van der Waals surface area contributed by atoms with Gasteiger partial charge in [0.2, 0.25) is 0 Å². The van der Waals surface area contributed by atoms with E-state index in [0.29, 0.717) is 6.54 Å². The average Bonchev–Trinajstić information content (AvgIpc) is 3.09. The molecule has 0 saturated heterocycles. The number of hydrogen-bond acceptors (Lipinski definition) is 6. The monoisotopic (exact) mass is 363 g/mol. The van der Waals surface area contributed by atoms with E-state index in [4.69, 9.17) is 0 Å². The highest BCUT2D eigenvalue weighted by Crippen LogP contribution is 2.17. The molecule has 1 aliphatic heterocycles. The molecular weight excluding hydrogens is 342 g/mol. The first kappa shape index (κ1) is 17.6. The number of aromatic nitrogens is 3. The van der Waals surface area contributed by atoms with E-state index in [2.05, 4.69) is 20.7 Å². The average molecular weight is 363 g/mol. The highest BCUT2D eigenvalue weighted by molar-refractivity contribution is 7.11. The predicted octanol–water partition coefficient (Wildman–Crippen LogP) is 0.423. The van der Waals surface area contributed by atoms with E-state index < -0.39 is 6.10 Å². The molecule has 2 aromatic heterocycles. The zero-order valence-corrected chi connectivity index (χ0v) is 15.0. The van der Waals surface area contributed by atoms with E-state index in [9.17, 15) is 14.7 Å². The minimum Gasteiger partial charge on any atom is -0.389 e. The number of hydrogen-bond donors (Lipinski definition) is 3. The Morgan fingerprint density at radius 3 is 3.04 bits per heavy atom. The number of aliphatic hydroxyl groups is 1. The molecule has 9 heteroatoms. The van der Waals surface area contributed by atoms with Crippen molar-refractivity contribution in [2.45, 2.75) is 39.3 Å². The Morgan fingerprint density at radius 1 is 1.52 bits per heavy atom. The number of nitrogens with one attached hydrogen (secondary N) is 2. The lowest BCUT2D eigenvalue weighted by Crippen LogP contribution is -2.30. The molecule has 3 rings (SSSR count). The molecule has 3 heterocycles. The van der Waals surface area contributed by atoms with Crippen molar-refractivity contribution < 1.29 is 14.7 Å². The Hall–Kier alpha value is -2.26. The van der Waals surface area contributed by atoms with Crippen molar-refractivity contribution in [3.05, 3.63) is 33.0 Å². The lowest BCUT2D eigenvalue weighted by Gasteiger charge is -2.06. The fourth-order valence-corrected chi connectivity index (χ4v) is 3.57. The number of aryl methyl sites for hydroxylation is 3. The molecular formula is C16H21N5O3S. The summed E-state index contributed by atoms with van der Waals surface area (Å²) in [5.41, 5.74) is 1.53. The summed E-state index contributed by atoms with van der Waals surface area (Å²) in [6.45, 7) is 4.91. The number of carbonyl (C=O) groups is 2. The maximum atomic E-state index is 12.2. The molecule has 1 atom stereocenters. The molecule has 25 heavy (non-hydrogen) atoms. The first-order valence-electron chi connectivity index (χ1n) is 8.19. The van der Waals surface area contributed by atoms with Crippen LogP contribution in [0.2, 0.25) is 0 Å². The fraction of sp³-hybridized carbons (Fsp3) is 0.500. The molecule has 0 aliphatic carbocycles. The maximum absolute atomic E-state index is 12.2. The van der Waals surface area contributed by atoms with E-state index in [1.807, 2.05) is 13.8 Å². The molecule has 2 aromatic rings. The second-order valence-electron chi connectivity index (χ2n) is 6.07. The topological polar surface area (TPSA) is 109 Å². The lowest BCUT2D eigenvalue weighted by atomic mass is 10.3. The maximum Gasteiger partial charge on any atom is 0.271 e. The van der Waals surface area contributed by atoms with Crippen LogP contribution in [0.3, 0.4) is 0 Å². The van der Waals surface area contributed by atoms with Gasteiger partial charge in [-0.1, -0.05) is 0 Å². The van der Waals surface area contributed by atoms with Crippen LogP contribution in [0.4, 0.5) is 0 Å². The molecule has 3 N–H and O–H groups in total. The highest BCUT2D eigenvalue weighted by Gasteiger charge is 2.24. The summed E-state index contributed by atoms with van der Waals surface area (Å²) in [4.78, 5) is 29.8. The zero-order valence-electron chi connectivity index (χ0n) is 14.2. The summed E-state index contributed by atoms with van der Waals surface area (Å²) in [6.07, 6.45) is 0.880. The third-order valence-electron chi connectivity index (χ3n) is 4.05. The van der Waals surface area contributed by atoms with Gasteiger partial charge in [0, 0.05) is 30.5 Å². The first-order chi connectivity index (χ1) is 11.9. The van der Waals surface area contributed by atoms with Gasteiger partial charge in [0.25, 0.3) is 11.8 Å². The number of rotatable bonds is 5. The molecule has 0 spiro atoms. The molecule has 0 aromatic carbocycles. The van der Waals surface area contributed by atoms with Crippen molar-refractivity contribution in [3.8, 4) is 0 Å². The van der Waals surface area contributed by atoms with Crippen LogP contribution in [0.15, 0.2) is 6.07 Å². The van der Waals surface area contributed by atoms with Gasteiger partial charge in [-0.15, -0.1) is 11.3 Å². The first-order valence-corrected chi connectivity index (χ1v) is 9.01. The summed E-state index contributed by atoms with van der Waals surface area (Å²) in [7, 11) is 0. The van der Waals surface area contributed by atoms with Crippen molar-refractivity contribution in [2.75, 3.05) is 13.1 Å². The van der Waals surface area contributed by atoms with Gasteiger partial charge in [-0.05, 0) is 20.3 Å². The normalized spacial score (nSPS) is 16.9. The van der Waals surface area contributed by atoms with Gasteiger partial charge < -0.3 is 15.7 Å².